The SMILES string of the molecule is C=C=CB(O)OC(C)(C)C(C)(C)O. The first-order valence-corrected chi connectivity index (χ1v) is 4.15. The molecule has 0 unspecified atom stereocenters. The van der Waals surface area contributed by atoms with Crippen LogP contribution in [0, 0.1) is 0 Å². The second-order valence-corrected chi connectivity index (χ2v) is 3.95. The lowest BCUT2D eigenvalue weighted by Gasteiger charge is -2.37. The first-order chi connectivity index (χ1) is 5.70. The molecule has 4 heteroatoms. The first kappa shape index (κ1) is 12.5. The Morgan fingerprint density at radius 1 is 1.38 bits per heavy atom. The Labute approximate surface area is 79.9 Å². The Balaban J connectivity index is 4.42. The molecule has 0 aliphatic carbocycles. The highest BCUT2D eigenvalue weighted by molar-refractivity contribution is 6.49. The zero-order valence-electron chi connectivity index (χ0n) is 8.66. The van der Waals surface area contributed by atoms with Gasteiger partial charge in [-0.25, -0.2) is 0 Å². The molecule has 74 valence electrons. The fraction of sp³-hybridized carbons (Fsp3) is 0.667. The van der Waals surface area contributed by atoms with Crippen LogP contribution < -0.4 is 0 Å². The summed E-state index contributed by atoms with van der Waals surface area (Å²) in [5, 5.41) is 18.9. The normalized spacial score (nSPS) is 12.2. The van der Waals surface area contributed by atoms with E-state index in [2.05, 4.69) is 12.3 Å². The molecule has 0 aromatic carbocycles. The smallest absolute Gasteiger partial charge is 0.423 e. The van der Waals surface area contributed by atoms with Gasteiger partial charge in [-0.15, -0.1) is 5.73 Å². The van der Waals surface area contributed by atoms with Gasteiger partial charge in [-0.1, -0.05) is 6.58 Å². The molecule has 0 spiro atoms. The van der Waals surface area contributed by atoms with Crippen LogP contribution in [0.3, 0.4) is 0 Å². The maximum Gasteiger partial charge on any atom is 0.492 e. The molecule has 0 amide bonds. The molecule has 13 heavy (non-hydrogen) atoms. The van der Waals surface area contributed by atoms with E-state index in [1.54, 1.807) is 27.7 Å². The lowest BCUT2D eigenvalue weighted by molar-refractivity contribution is -0.0984. The van der Waals surface area contributed by atoms with Crippen LogP contribution in [-0.2, 0) is 4.65 Å². The number of hydrogen-bond acceptors (Lipinski definition) is 3. The van der Waals surface area contributed by atoms with E-state index >= 15 is 0 Å². The third kappa shape index (κ3) is 3.79. The zero-order valence-corrected chi connectivity index (χ0v) is 8.66. The average Bonchev–Trinajstić information content (AvgIpc) is 1.83. The van der Waals surface area contributed by atoms with E-state index in [0.717, 1.165) is 0 Å². The van der Waals surface area contributed by atoms with Gasteiger partial charge in [0.2, 0.25) is 0 Å². The molecule has 0 atom stereocenters. The molecule has 2 N–H and O–H groups in total. The molecule has 0 saturated carbocycles. The summed E-state index contributed by atoms with van der Waals surface area (Å²) in [6, 6.07) is 0. The van der Waals surface area contributed by atoms with E-state index in [4.69, 9.17) is 4.65 Å². The molecule has 0 aromatic heterocycles. The topological polar surface area (TPSA) is 49.7 Å². The van der Waals surface area contributed by atoms with E-state index in [-0.39, 0.29) is 0 Å². The molecule has 0 aromatic rings. The summed E-state index contributed by atoms with van der Waals surface area (Å²) in [6.45, 7) is 9.96. The molecule has 0 fully saturated rings. The minimum absolute atomic E-state index is 0.834. The standard InChI is InChI=1S/C9H17BO3/c1-6-7-10(12)13-9(4,5)8(2,3)11/h7,11-12H,1H2,2-5H3. The third-order valence-electron chi connectivity index (χ3n) is 2.15. The summed E-state index contributed by atoms with van der Waals surface area (Å²) < 4.78 is 5.19. The number of aliphatic hydroxyl groups is 1. The van der Waals surface area contributed by atoms with Crippen LogP contribution in [0.4, 0.5) is 0 Å². The van der Waals surface area contributed by atoms with Gasteiger partial charge < -0.3 is 14.8 Å². The monoisotopic (exact) mass is 184 g/mol. The summed E-state index contributed by atoms with van der Waals surface area (Å²) >= 11 is 0. The van der Waals surface area contributed by atoms with E-state index < -0.39 is 18.3 Å². The van der Waals surface area contributed by atoms with Crippen molar-refractivity contribution in [3.8, 4) is 0 Å². The lowest BCUT2D eigenvalue weighted by atomic mass is 9.83. The largest absolute Gasteiger partial charge is 0.492 e. The Kier molecular flexibility index (Phi) is 3.95. The Morgan fingerprint density at radius 2 is 1.85 bits per heavy atom. The molecule has 0 aliphatic heterocycles. The predicted molar refractivity (Wildman–Crippen MR) is 53.1 cm³/mol. The van der Waals surface area contributed by atoms with Gasteiger partial charge in [0.15, 0.2) is 0 Å². The molecular weight excluding hydrogens is 167 g/mol. The number of hydrogen-bond donors (Lipinski definition) is 2. The Bertz CT molecular complexity index is 211. The highest BCUT2D eigenvalue weighted by atomic mass is 16.5. The van der Waals surface area contributed by atoms with Gasteiger partial charge in [-0.3, -0.25) is 0 Å². The van der Waals surface area contributed by atoms with Crippen LogP contribution >= 0.6 is 0 Å². The van der Waals surface area contributed by atoms with Gasteiger partial charge in [-0.05, 0) is 33.7 Å². The minimum atomic E-state index is -1.08. The van der Waals surface area contributed by atoms with E-state index in [1.165, 1.54) is 5.98 Å². The lowest BCUT2D eigenvalue weighted by Crippen LogP contribution is -2.50. The predicted octanol–water partition coefficient (Wildman–Crippen LogP) is 0.913. The van der Waals surface area contributed by atoms with Gasteiger partial charge in [0.25, 0.3) is 0 Å². The Morgan fingerprint density at radius 3 is 2.15 bits per heavy atom. The van der Waals surface area contributed by atoms with Crippen molar-refractivity contribution in [2.75, 3.05) is 0 Å². The summed E-state index contributed by atoms with van der Waals surface area (Å²) in [5.74, 6) is 1.29. The maximum absolute atomic E-state index is 9.68. The minimum Gasteiger partial charge on any atom is -0.423 e. The first-order valence-electron chi connectivity index (χ1n) is 4.15. The van der Waals surface area contributed by atoms with Crippen LogP contribution in [-0.4, -0.2) is 28.5 Å². The summed E-state index contributed by atoms with van der Waals surface area (Å²) in [4.78, 5) is 0. The quantitative estimate of drug-likeness (QED) is 0.504. The molecule has 0 rings (SSSR count). The highest BCUT2D eigenvalue weighted by Crippen LogP contribution is 2.25. The van der Waals surface area contributed by atoms with Gasteiger partial charge >= 0.3 is 7.12 Å². The maximum atomic E-state index is 9.68. The molecule has 3 nitrogen and oxygen atoms in total. The summed E-state index contributed by atoms with van der Waals surface area (Å²) in [6.07, 6.45) is 0. The van der Waals surface area contributed by atoms with E-state index in [9.17, 15) is 10.1 Å². The molecule has 0 aliphatic rings. The van der Waals surface area contributed by atoms with Crippen molar-refractivity contribution in [2.45, 2.75) is 38.9 Å². The average molecular weight is 184 g/mol. The van der Waals surface area contributed by atoms with Crippen molar-refractivity contribution >= 4 is 7.12 Å². The van der Waals surface area contributed by atoms with Gasteiger partial charge in [0.05, 0.1) is 11.2 Å². The van der Waals surface area contributed by atoms with Crippen molar-refractivity contribution in [3.05, 3.63) is 18.3 Å². The second kappa shape index (κ2) is 4.12. The van der Waals surface area contributed by atoms with Crippen LogP contribution in [0.15, 0.2) is 18.3 Å². The van der Waals surface area contributed by atoms with Crippen molar-refractivity contribution in [3.63, 3.8) is 0 Å². The van der Waals surface area contributed by atoms with Crippen molar-refractivity contribution < 1.29 is 14.8 Å². The zero-order chi connectivity index (χ0) is 10.7. The van der Waals surface area contributed by atoms with Crippen LogP contribution in [0.2, 0.25) is 0 Å². The summed E-state index contributed by atoms with van der Waals surface area (Å²) in [5.41, 5.74) is 0.551. The van der Waals surface area contributed by atoms with Crippen LogP contribution in [0.1, 0.15) is 27.7 Å². The van der Waals surface area contributed by atoms with Crippen molar-refractivity contribution in [1.29, 1.82) is 0 Å². The van der Waals surface area contributed by atoms with Crippen LogP contribution in [0.5, 0.6) is 0 Å². The molecule has 0 heterocycles. The van der Waals surface area contributed by atoms with Crippen molar-refractivity contribution in [2.24, 2.45) is 0 Å². The van der Waals surface area contributed by atoms with Gasteiger partial charge in [0, 0.05) is 0 Å². The number of rotatable bonds is 4. The second-order valence-electron chi connectivity index (χ2n) is 3.95. The third-order valence-corrected chi connectivity index (χ3v) is 2.15. The van der Waals surface area contributed by atoms with Crippen molar-refractivity contribution in [1.82, 2.24) is 0 Å². The molecular formula is C9H17BO3. The Hall–Kier alpha value is -0.535. The summed E-state index contributed by atoms with van der Waals surface area (Å²) in [7, 11) is -1.08. The fourth-order valence-corrected chi connectivity index (χ4v) is 0.581. The molecule has 0 saturated heterocycles. The highest BCUT2D eigenvalue weighted by Gasteiger charge is 2.38. The van der Waals surface area contributed by atoms with Gasteiger partial charge in [-0.2, -0.15) is 0 Å². The van der Waals surface area contributed by atoms with E-state index in [1.807, 2.05) is 0 Å². The molecule has 0 bridgehead atoms. The fourth-order valence-electron chi connectivity index (χ4n) is 0.581. The molecule has 0 radical (unpaired) electrons. The van der Waals surface area contributed by atoms with E-state index in [0.29, 0.717) is 0 Å². The van der Waals surface area contributed by atoms with Crippen LogP contribution in [0.25, 0.3) is 0 Å². The van der Waals surface area contributed by atoms with Gasteiger partial charge in [0.1, 0.15) is 0 Å².